The summed E-state index contributed by atoms with van der Waals surface area (Å²) in [5.41, 5.74) is 8.99. The molecule has 0 amide bonds. The van der Waals surface area contributed by atoms with Crippen LogP contribution in [0.2, 0.25) is 0 Å². The lowest BCUT2D eigenvalue weighted by atomic mass is 9.89. The van der Waals surface area contributed by atoms with Gasteiger partial charge in [0.05, 0.1) is 0 Å². The van der Waals surface area contributed by atoms with Crippen molar-refractivity contribution in [1.29, 1.82) is 0 Å². The Labute approximate surface area is 121 Å². The fourth-order valence-corrected chi connectivity index (χ4v) is 2.73. The summed E-state index contributed by atoms with van der Waals surface area (Å²) in [5.74, 6) is 0.205. The van der Waals surface area contributed by atoms with Crippen LogP contribution in [0.1, 0.15) is 34.7 Å². The molecule has 0 atom stereocenters. The van der Waals surface area contributed by atoms with Gasteiger partial charge in [-0.05, 0) is 73.6 Å². The first kappa shape index (κ1) is 14.5. The zero-order valence-electron chi connectivity index (χ0n) is 13.0. The first-order valence-electron chi connectivity index (χ1n) is 7.06. The third kappa shape index (κ3) is 2.82. The quantitative estimate of drug-likeness (QED) is 0.785. The van der Waals surface area contributed by atoms with E-state index < -0.39 is 0 Å². The van der Waals surface area contributed by atoms with Crippen LogP contribution < -0.4 is 0 Å². The van der Waals surface area contributed by atoms with Gasteiger partial charge >= 0.3 is 0 Å². The number of carbonyl (C=O) groups excluding carboxylic acids is 1. The average molecular weight is 266 g/mol. The molecule has 0 radical (unpaired) electrons. The van der Waals surface area contributed by atoms with Crippen LogP contribution in [0, 0.1) is 27.7 Å². The maximum absolute atomic E-state index is 11.2. The van der Waals surface area contributed by atoms with Gasteiger partial charge in [0.2, 0.25) is 0 Å². The predicted octanol–water partition coefficient (Wildman–Crippen LogP) is 4.72. The smallest absolute Gasteiger partial charge is 0.134 e. The van der Waals surface area contributed by atoms with Crippen molar-refractivity contribution in [2.45, 2.75) is 41.0 Å². The fraction of sp³-hybridized carbons (Fsp3) is 0.316. The van der Waals surface area contributed by atoms with Crippen molar-refractivity contribution in [2.75, 3.05) is 0 Å². The van der Waals surface area contributed by atoms with Gasteiger partial charge in [0.25, 0.3) is 0 Å². The van der Waals surface area contributed by atoms with E-state index in [1.54, 1.807) is 6.92 Å². The third-order valence-electron chi connectivity index (χ3n) is 4.06. The van der Waals surface area contributed by atoms with Crippen molar-refractivity contribution >= 4 is 5.78 Å². The second kappa shape index (κ2) is 5.62. The highest BCUT2D eigenvalue weighted by atomic mass is 16.1. The summed E-state index contributed by atoms with van der Waals surface area (Å²) < 4.78 is 0. The number of benzene rings is 2. The van der Waals surface area contributed by atoms with Crippen molar-refractivity contribution in [3.63, 3.8) is 0 Å². The van der Waals surface area contributed by atoms with Gasteiger partial charge in [0.1, 0.15) is 5.78 Å². The Morgan fingerprint density at radius 2 is 1.40 bits per heavy atom. The molecule has 0 unspecified atom stereocenters. The Bertz CT molecular complexity index is 622. The first-order valence-corrected chi connectivity index (χ1v) is 7.06. The van der Waals surface area contributed by atoms with E-state index in [2.05, 4.69) is 58.0 Å². The number of Topliss-reactive ketones (excluding diaryl/α,β-unsaturated/α-hetero) is 1. The molecule has 0 spiro atoms. The topological polar surface area (TPSA) is 17.1 Å². The van der Waals surface area contributed by atoms with Crippen LogP contribution in [0.4, 0.5) is 0 Å². The molecule has 0 aliphatic heterocycles. The van der Waals surface area contributed by atoms with Crippen LogP contribution in [0.5, 0.6) is 0 Å². The third-order valence-corrected chi connectivity index (χ3v) is 4.06. The molecule has 0 fully saturated rings. The number of aryl methyl sites for hydroxylation is 2. The van der Waals surface area contributed by atoms with E-state index in [0.29, 0.717) is 6.42 Å². The SMILES string of the molecule is CC(=O)Cc1ccc(-c2c(C)c(C)cc(C)c2C)cc1. The van der Waals surface area contributed by atoms with E-state index in [-0.39, 0.29) is 5.78 Å². The zero-order chi connectivity index (χ0) is 14.9. The van der Waals surface area contributed by atoms with Gasteiger partial charge in [0.15, 0.2) is 0 Å². The minimum atomic E-state index is 0.205. The van der Waals surface area contributed by atoms with Crippen molar-refractivity contribution in [3.05, 3.63) is 58.1 Å². The van der Waals surface area contributed by atoms with E-state index in [1.807, 2.05) is 0 Å². The van der Waals surface area contributed by atoms with Crippen molar-refractivity contribution in [3.8, 4) is 11.1 Å². The Kier molecular flexibility index (Phi) is 4.08. The van der Waals surface area contributed by atoms with Crippen LogP contribution >= 0.6 is 0 Å². The van der Waals surface area contributed by atoms with Crippen LogP contribution in [-0.2, 0) is 11.2 Å². The molecule has 0 aliphatic rings. The number of hydrogen-bond acceptors (Lipinski definition) is 1. The molecular formula is C19H22O. The summed E-state index contributed by atoms with van der Waals surface area (Å²) in [6.45, 7) is 10.3. The molecule has 1 heteroatoms. The molecule has 0 N–H and O–H groups in total. The molecule has 0 saturated carbocycles. The molecule has 0 heterocycles. The minimum Gasteiger partial charge on any atom is -0.300 e. The number of carbonyl (C=O) groups is 1. The van der Waals surface area contributed by atoms with Crippen molar-refractivity contribution in [1.82, 2.24) is 0 Å². The largest absolute Gasteiger partial charge is 0.300 e. The maximum atomic E-state index is 11.2. The van der Waals surface area contributed by atoms with E-state index in [0.717, 1.165) is 5.56 Å². The Morgan fingerprint density at radius 3 is 1.85 bits per heavy atom. The lowest BCUT2D eigenvalue weighted by molar-refractivity contribution is -0.116. The molecule has 1 nitrogen and oxygen atoms in total. The summed E-state index contributed by atoms with van der Waals surface area (Å²) in [5, 5.41) is 0. The van der Waals surface area contributed by atoms with E-state index in [9.17, 15) is 4.79 Å². The minimum absolute atomic E-state index is 0.205. The van der Waals surface area contributed by atoms with Gasteiger partial charge in [-0.25, -0.2) is 0 Å². The number of rotatable bonds is 3. The molecule has 0 aliphatic carbocycles. The molecule has 20 heavy (non-hydrogen) atoms. The molecule has 0 saturated heterocycles. The summed E-state index contributed by atoms with van der Waals surface area (Å²) >= 11 is 0. The van der Waals surface area contributed by atoms with Gasteiger partial charge in [0, 0.05) is 6.42 Å². The molecule has 2 rings (SSSR count). The molecule has 104 valence electrons. The first-order chi connectivity index (χ1) is 9.40. The van der Waals surface area contributed by atoms with E-state index in [1.165, 1.54) is 33.4 Å². The summed E-state index contributed by atoms with van der Waals surface area (Å²) in [4.78, 5) is 11.2. The van der Waals surface area contributed by atoms with Crippen molar-refractivity contribution < 1.29 is 4.79 Å². The summed E-state index contributed by atoms with van der Waals surface area (Å²) in [6.07, 6.45) is 0.519. The van der Waals surface area contributed by atoms with E-state index in [4.69, 9.17) is 0 Å². The van der Waals surface area contributed by atoms with Crippen LogP contribution in [-0.4, -0.2) is 5.78 Å². The highest BCUT2D eigenvalue weighted by molar-refractivity contribution is 5.79. The van der Waals surface area contributed by atoms with Gasteiger partial charge in [-0.3, -0.25) is 4.79 Å². The van der Waals surface area contributed by atoms with Crippen LogP contribution in [0.15, 0.2) is 30.3 Å². The van der Waals surface area contributed by atoms with E-state index >= 15 is 0 Å². The Hall–Kier alpha value is -1.89. The molecule has 2 aromatic carbocycles. The van der Waals surface area contributed by atoms with Crippen molar-refractivity contribution in [2.24, 2.45) is 0 Å². The molecule has 2 aromatic rings. The number of ketones is 1. The Morgan fingerprint density at radius 1 is 0.900 bits per heavy atom. The lowest BCUT2D eigenvalue weighted by Gasteiger charge is -2.16. The lowest BCUT2D eigenvalue weighted by Crippen LogP contribution is -1.97. The van der Waals surface area contributed by atoms with Crippen LogP contribution in [0.25, 0.3) is 11.1 Å². The highest BCUT2D eigenvalue weighted by Gasteiger charge is 2.10. The molecular weight excluding hydrogens is 244 g/mol. The molecule has 0 bridgehead atoms. The number of hydrogen-bond donors (Lipinski definition) is 0. The van der Waals surface area contributed by atoms with Gasteiger partial charge in [-0.15, -0.1) is 0 Å². The summed E-state index contributed by atoms with van der Waals surface area (Å²) in [7, 11) is 0. The van der Waals surface area contributed by atoms with Gasteiger partial charge < -0.3 is 0 Å². The monoisotopic (exact) mass is 266 g/mol. The van der Waals surface area contributed by atoms with Gasteiger partial charge in [-0.1, -0.05) is 30.3 Å². The van der Waals surface area contributed by atoms with Gasteiger partial charge in [-0.2, -0.15) is 0 Å². The standard InChI is InChI=1S/C19H22O/c1-12-10-13(2)16(5)19(15(12)4)18-8-6-17(7-9-18)11-14(3)20/h6-10H,11H2,1-5H3. The second-order valence-electron chi connectivity index (χ2n) is 5.71. The second-order valence-corrected chi connectivity index (χ2v) is 5.71. The average Bonchev–Trinajstić information content (AvgIpc) is 2.38. The fourth-order valence-electron chi connectivity index (χ4n) is 2.73. The molecule has 0 aromatic heterocycles. The maximum Gasteiger partial charge on any atom is 0.134 e. The summed E-state index contributed by atoms with van der Waals surface area (Å²) in [6, 6.07) is 10.6. The highest BCUT2D eigenvalue weighted by Crippen LogP contribution is 2.31. The normalized spacial score (nSPS) is 10.7. The predicted molar refractivity (Wildman–Crippen MR) is 85.2 cm³/mol. The van der Waals surface area contributed by atoms with Crippen LogP contribution in [0.3, 0.4) is 0 Å². The Balaban J connectivity index is 2.49. The zero-order valence-corrected chi connectivity index (χ0v) is 13.0.